The van der Waals surface area contributed by atoms with Crippen molar-refractivity contribution in [2.75, 3.05) is 26.2 Å². The number of carbonyl (C=O) groups excluding carboxylic acids is 2. The fourth-order valence-electron chi connectivity index (χ4n) is 3.75. The molecule has 2 amide bonds. The number of carboxylic acid groups (broad SMARTS) is 1. The quantitative estimate of drug-likeness (QED) is 0.900. The van der Waals surface area contributed by atoms with E-state index in [1.807, 2.05) is 4.90 Å². The van der Waals surface area contributed by atoms with Gasteiger partial charge in [-0.2, -0.15) is 0 Å². The van der Waals surface area contributed by atoms with E-state index in [-0.39, 0.29) is 23.3 Å². The molecule has 0 unspecified atom stereocenters. The topological polar surface area (TPSA) is 77.9 Å². The predicted octanol–water partition coefficient (Wildman–Crippen LogP) is 2.50. The van der Waals surface area contributed by atoms with Gasteiger partial charge in [0.15, 0.2) is 0 Å². The van der Waals surface area contributed by atoms with Crippen molar-refractivity contribution in [2.24, 2.45) is 11.8 Å². The van der Waals surface area contributed by atoms with Crippen LogP contribution in [0.15, 0.2) is 24.3 Å². The lowest BCUT2D eigenvalue weighted by Gasteiger charge is -2.36. The number of piperidine rings is 2. The Morgan fingerprint density at radius 2 is 1.35 bits per heavy atom. The molecule has 0 bridgehead atoms. The first kappa shape index (κ1) is 18.4. The van der Waals surface area contributed by atoms with E-state index in [1.165, 1.54) is 12.1 Å². The minimum Gasteiger partial charge on any atom is -0.478 e. The first-order valence-electron chi connectivity index (χ1n) is 9.37. The second-order valence-electron chi connectivity index (χ2n) is 7.46. The van der Waals surface area contributed by atoms with Crippen molar-refractivity contribution in [3.63, 3.8) is 0 Å². The molecule has 0 atom stereocenters. The summed E-state index contributed by atoms with van der Waals surface area (Å²) in [6.45, 7) is 5.08. The van der Waals surface area contributed by atoms with E-state index < -0.39 is 5.97 Å². The lowest BCUT2D eigenvalue weighted by molar-refractivity contribution is -0.138. The van der Waals surface area contributed by atoms with Gasteiger partial charge >= 0.3 is 5.97 Å². The third-order valence-corrected chi connectivity index (χ3v) is 5.61. The van der Waals surface area contributed by atoms with Crippen LogP contribution in [-0.2, 0) is 4.79 Å². The Morgan fingerprint density at radius 1 is 0.846 bits per heavy atom. The van der Waals surface area contributed by atoms with Gasteiger partial charge in [-0.05, 0) is 55.9 Å². The van der Waals surface area contributed by atoms with E-state index in [0.717, 1.165) is 25.9 Å². The molecule has 1 aromatic rings. The Kier molecular flexibility index (Phi) is 5.59. The summed E-state index contributed by atoms with van der Waals surface area (Å²) in [5, 5.41) is 8.93. The molecule has 0 saturated carbocycles. The minimum atomic E-state index is -1.00. The van der Waals surface area contributed by atoms with Crippen LogP contribution in [0.4, 0.5) is 0 Å². The molecule has 0 spiro atoms. The Hall–Kier alpha value is -2.37. The maximum Gasteiger partial charge on any atom is 0.335 e. The average molecular weight is 358 g/mol. The Morgan fingerprint density at radius 3 is 1.88 bits per heavy atom. The molecule has 2 fully saturated rings. The number of carbonyl (C=O) groups is 3. The first-order chi connectivity index (χ1) is 12.5. The van der Waals surface area contributed by atoms with Crippen LogP contribution in [0.2, 0.25) is 0 Å². The molecule has 2 aliphatic heterocycles. The van der Waals surface area contributed by atoms with Gasteiger partial charge in [-0.3, -0.25) is 9.59 Å². The van der Waals surface area contributed by atoms with Crippen LogP contribution in [-0.4, -0.2) is 58.9 Å². The van der Waals surface area contributed by atoms with E-state index in [1.54, 1.807) is 17.0 Å². The molecule has 140 valence electrons. The zero-order chi connectivity index (χ0) is 18.7. The lowest BCUT2D eigenvalue weighted by atomic mass is 9.92. The molecule has 0 aliphatic carbocycles. The second-order valence-corrected chi connectivity index (χ2v) is 7.46. The fourth-order valence-corrected chi connectivity index (χ4v) is 3.75. The molecular formula is C20H26N2O4. The Labute approximate surface area is 153 Å². The molecule has 3 rings (SSSR count). The number of hydrogen-bond acceptors (Lipinski definition) is 3. The Bertz CT molecular complexity index is 670. The van der Waals surface area contributed by atoms with Crippen LogP contribution in [0.5, 0.6) is 0 Å². The monoisotopic (exact) mass is 358 g/mol. The number of carboxylic acids is 1. The summed E-state index contributed by atoms with van der Waals surface area (Å²) in [5.74, 6) is -0.141. The largest absolute Gasteiger partial charge is 0.478 e. The molecule has 0 aromatic heterocycles. The van der Waals surface area contributed by atoms with Crippen molar-refractivity contribution >= 4 is 17.8 Å². The molecule has 2 heterocycles. The third kappa shape index (κ3) is 4.06. The maximum absolute atomic E-state index is 12.7. The number of nitrogens with zero attached hydrogens (tertiary/aromatic N) is 2. The second kappa shape index (κ2) is 7.89. The van der Waals surface area contributed by atoms with Gasteiger partial charge in [-0.1, -0.05) is 6.92 Å². The van der Waals surface area contributed by atoms with Crippen molar-refractivity contribution < 1.29 is 19.5 Å². The first-order valence-corrected chi connectivity index (χ1v) is 9.37. The van der Waals surface area contributed by atoms with Crippen molar-refractivity contribution in [3.05, 3.63) is 35.4 Å². The molecule has 6 heteroatoms. The van der Waals surface area contributed by atoms with Gasteiger partial charge in [0, 0.05) is 37.7 Å². The number of hydrogen-bond donors (Lipinski definition) is 1. The zero-order valence-electron chi connectivity index (χ0n) is 15.2. The summed E-state index contributed by atoms with van der Waals surface area (Å²) < 4.78 is 0. The van der Waals surface area contributed by atoms with E-state index >= 15 is 0 Å². The molecule has 1 N–H and O–H groups in total. The van der Waals surface area contributed by atoms with Crippen LogP contribution in [0.3, 0.4) is 0 Å². The smallest absolute Gasteiger partial charge is 0.335 e. The highest BCUT2D eigenvalue weighted by Crippen LogP contribution is 2.24. The van der Waals surface area contributed by atoms with Crippen LogP contribution >= 0.6 is 0 Å². The summed E-state index contributed by atoms with van der Waals surface area (Å²) in [6, 6.07) is 6.00. The molecule has 2 aliphatic rings. The summed E-state index contributed by atoms with van der Waals surface area (Å²) >= 11 is 0. The fraction of sp³-hybridized carbons (Fsp3) is 0.550. The zero-order valence-corrected chi connectivity index (χ0v) is 15.2. The number of likely N-dealkylation sites (tertiary alicyclic amines) is 2. The standard InChI is InChI=1S/C20H26N2O4/c1-14-6-10-21(11-7-14)19(24)16-8-12-22(13-9-16)18(23)15-2-4-17(5-3-15)20(25)26/h2-5,14,16H,6-13H2,1H3,(H,25,26). The summed E-state index contributed by atoms with van der Waals surface area (Å²) in [6.07, 6.45) is 3.55. The van der Waals surface area contributed by atoms with Gasteiger partial charge in [0.2, 0.25) is 5.91 Å². The van der Waals surface area contributed by atoms with Gasteiger partial charge in [-0.15, -0.1) is 0 Å². The number of amides is 2. The average Bonchev–Trinajstić information content (AvgIpc) is 2.67. The molecular weight excluding hydrogens is 332 g/mol. The van der Waals surface area contributed by atoms with Crippen LogP contribution in [0.25, 0.3) is 0 Å². The molecule has 6 nitrogen and oxygen atoms in total. The van der Waals surface area contributed by atoms with E-state index in [2.05, 4.69) is 6.92 Å². The number of aromatic carboxylic acids is 1. The van der Waals surface area contributed by atoms with Crippen LogP contribution in [0, 0.1) is 11.8 Å². The SMILES string of the molecule is CC1CCN(C(=O)C2CCN(C(=O)c3ccc(C(=O)O)cc3)CC2)CC1. The highest BCUT2D eigenvalue weighted by Gasteiger charge is 2.31. The third-order valence-electron chi connectivity index (χ3n) is 5.61. The maximum atomic E-state index is 12.7. The van der Waals surface area contributed by atoms with E-state index in [9.17, 15) is 14.4 Å². The number of benzene rings is 1. The van der Waals surface area contributed by atoms with Gasteiger partial charge < -0.3 is 14.9 Å². The van der Waals surface area contributed by atoms with Crippen molar-refractivity contribution in [1.82, 2.24) is 9.80 Å². The predicted molar refractivity (Wildman–Crippen MR) is 97.0 cm³/mol. The summed E-state index contributed by atoms with van der Waals surface area (Å²) in [7, 11) is 0. The molecule has 26 heavy (non-hydrogen) atoms. The Balaban J connectivity index is 1.53. The van der Waals surface area contributed by atoms with Crippen molar-refractivity contribution in [1.29, 1.82) is 0 Å². The molecule has 2 saturated heterocycles. The normalized spacial score (nSPS) is 19.4. The van der Waals surface area contributed by atoms with E-state index in [0.29, 0.717) is 37.4 Å². The highest BCUT2D eigenvalue weighted by molar-refractivity contribution is 5.96. The summed E-state index contributed by atoms with van der Waals surface area (Å²) in [4.78, 5) is 39.9. The van der Waals surface area contributed by atoms with E-state index in [4.69, 9.17) is 5.11 Å². The van der Waals surface area contributed by atoms with Crippen LogP contribution in [0.1, 0.15) is 53.3 Å². The lowest BCUT2D eigenvalue weighted by Crippen LogP contribution is -2.46. The molecule has 0 radical (unpaired) electrons. The highest BCUT2D eigenvalue weighted by atomic mass is 16.4. The van der Waals surface area contributed by atoms with Crippen molar-refractivity contribution in [2.45, 2.75) is 32.6 Å². The van der Waals surface area contributed by atoms with Gasteiger partial charge in [-0.25, -0.2) is 4.79 Å². The minimum absolute atomic E-state index is 0.0156. The van der Waals surface area contributed by atoms with Crippen LogP contribution < -0.4 is 0 Å². The summed E-state index contributed by atoms with van der Waals surface area (Å²) in [5.41, 5.74) is 0.659. The molecule has 1 aromatic carbocycles. The van der Waals surface area contributed by atoms with Gasteiger partial charge in [0.1, 0.15) is 0 Å². The van der Waals surface area contributed by atoms with Crippen molar-refractivity contribution in [3.8, 4) is 0 Å². The van der Waals surface area contributed by atoms with Gasteiger partial charge in [0.05, 0.1) is 5.56 Å². The van der Waals surface area contributed by atoms with Gasteiger partial charge in [0.25, 0.3) is 5.91 Å². The number of rotatable bonds is 3.